The molecular formula is C21H24N4O6S. The van der Waals surface area contributed by atoms with Gasteiger partial charge in [-0.05, 0) is 30.2 Å². The number of nitrogens with one attached hydrogen (secondary N) is 1. The molecule has 1 aromatic carbocycles. The molecule has 32 heavy (non-hydrogen) atoms. The number of rotatable bonds is 9. The van der Waals surface area contributed by atoms with Crippen LogP contribution in [0.4, 0.5) is 0 Å². The SMILES string of the molecule is CC(C)COC(=O)c1ccc(OCC(=O)CSc2nc3c([nH]2)c(=O)n(C)c(=O)n3C)cc1. The number of nitrogens with zero attached hydrogens (tertiary/aromatic N) is 3. The fraction of sp³-hybridized carbons (Fsp3) is 0.381. The molecule has 1 N–H and O–H groups in total. The van der Waals surface area contributed by atoms with Crippen LogP contribution in [0.5, 0.6) is 5.75 Å². The third-order valence-electron chi connectivity index (χ3n) is 4.48. The number of H-pyrrole nitrogens is 1. The van der Waals surface area contributed by atoms with Gasteiger partial charge in [0.2, 0.25) is 0 Å². The Balaban J connectivity index is 1.54. The van der Waals surface area contributed by atoms with Gasteiger partial charge in [0.05, 0.1) is 17.9 Å². The topological polar surface area (TPSA) is 125 Å². The summed E-state index contributed by atoms with van der Waals surface area (Å²) in [4.78, 5) is 55.4. The van der Waals surface area contributed by atoms with Crippen molar-refractivity contribution < 1.29 is 19.1 Å². The van der Waals surface area contributed by atoms with E-state index in [1.807, 2.05) is 13.8 Å². The van der Waals surface area contributed by atoms with Gasteiger partial charge in [-0.3, -0.25) is 18.7 Å². The van der Waals surface area contributed by atoms with Crippen molar-refractivity contribution >= 4 is 34.7 Å². The second-order valence-electron chi connectivity index (χ2n) is 7.58. The number of ketones is 1. The Morgan fingerprint density at radius 1 is 1.12 bits per heavy atom. The number of benzene rings is 1. The van der Waals surface area contributed by atoms with Gasteiger partial charge in [-0.1, -0.05) is 25.6 Å². The van der Waals surface area contributed by atoms with E-state index in [0.717, 1.165) is 16.3 Å². The number of hydrogen-bond acceptors (Lipinski definition) is 8. The summed E-state index contributed by atoms with van der Waals surface area (Å²) in [7, 11) is 2.91. The Hall–Kier alpha value is -3.34. The van der Waals surface area contributed by atoms with Crippen molar-refractivity contribution in [1.82, 2.24) is 19.1 Å². The van der Waals surface area contributed by atoms with Crippen molar-refractivity contribution in [2.24, 2.45) is 20.0 Å². The van der Waals surface area contributed by atoms with Gasteiger partial charge in [-0.2, -0.15) is 0 Å². The number of carbonyl (C=O) groups is 2. The van der Waals surface area contributed by atoms with Crippen molar-refractivity contribution in [2.45, 2.75) is 19.0 Å². The molecule has 0 unspecified atom stereocenters. The molecule has 0 aliphatic heterocycles. The van der Waals surface area contributed by atoms with Crippen LogP contribution in [0.15, 0.2) is 39.0 Å². The first-order chi connectivity index (χ1) is 15.2. The van der Waals surface area contributed by atoms with Gasteiger partial charge in [0.1, 0.15) is 12.4 Å². The van der Waals surface area contributed by atoms with Gasteiger partial charge in [-0.15, -0.1) is 0 Å². The number of esters is 1. The molecule has 0 aliphatic rings. The fourth-order valence-electron chi connectivity index (χ4n) is 2.74. The Morgan fingerprint density at radius 2 is 1.81 bits per heavy atom. The van der Waals surface area contributed by atoms with E-state index in [0.29, 0.717) is 23.1 Å². The molecule has 0 bridgehead atoms. The number of aromatic nitrogens is 4. The smallest absolute Gasteiger partial charge is 0.338 e. The molecule has 3 aromatic rings. The Kier molecular flexibility index (Phi) is 7.18. The van der Waals surface area contributed by atoms with Crippen LogP contribution < -0.4 is 16.0 Å². The summed E-state index contributed by atoms with van der Waals surface area (Å²) in [6, 6.07) is 6.36. The largest absolute Gasteiger partial charge is 0.486 e. The van der Waals surface area contributed by atoms with E-state index < -0.39 is 17.2 Å². The molecule has 11 heteroatoms. The summed E-state index contributed by atoms with van der Waals surface area (Å²) in [5.41, 5.74) is -0.114. The van der Waals surface area contributed by atoms with Crippen molar-refractivity contribution in [2.75, 3.05) is 19.0 Å². The predicted octanol–water partition coefficient (Wildman–Crippen LogP) is 1.51. The van der Waals surface area contributed by atoms with Crippen LogP contribution in [0.3, 0.4) is 0 Å². The summed E-state index contributed by atoms with van der Waals surface area (Å²) in [6.45, 7) is 4.10. The molecule has 170 valence electrons. The second-order valence-corrected chi connectivity index (χ2v) is 8.54. The summed E-state index contributed by atoms with van der Waals surface area (Å²) < 4.78 is 12.9. The van der Waals surface area contributed by atoms with E-state index in [1.54, 1.807) is 24.3 Å². The van der Waals surface area contributed by atoms with Crippen molar-refractivity contribution in [3.8, 4) is 5.75 Å². The highest BCUT2D eigenvalue weighted by atomic mass is 32.2. The average molecular weight is 461 g/mol. The number of carbonyl (C=O) groups excluding carboxylic acids is 2. The van der Waals surface area contributed by atoms with Gasteiger partial charge in [0.15, 0.2) is 22.1 Å². The van der Waals surface area contributed by atoms with Crippen molar-refractivity contribution in [3.05, 3.63) is 50.7 Å². The Bertz CT molecular complexity index is 1260. The van der Waals surface area contributed by atoms with Crippen LogP contribution in [0, 0.1) is 5.92 Å². The van der Waals surface area contributed by atoms with E-state index >= 15 is 0 Å². The Labute approximate surface area is 187 Å². The van der Waals surface area contributed by atoms with E-state index in [9.17, 15) is 19.2 Å². The van der Waals surface area contributed by atoms with Crippen LogP contribution in [0.25, 0.3) is 11.2 Å². The zero-order valence-corrected chi connectivity index (χ0v) is 19.0. The molecule has 3 rings (SSSR count). The Morgan fingerprint density at radius 3 is 2.47 bits per heavy atom. The zero-order chi connectivity index (χ0) is 23.4. The minimum Gasteiger partial charge on any atom is -0.486 e. The number of ether oxygens (including phenoxy) is 2. The summed E-state index contributed by atoms with van der Waals surface area (Å²) in [6.07, 6.45) is 0. The number of hydrogen-bond donors (Lipinski definition) is 1. The number of aryl methyl sites for hydroxylation is 1. The minimum atomic E-state index is -0.478. The molecule has 0 atom stereocenters. The van der Waals surface area contributed by atoms with Crippen molar-refractivity contribution in [1.29, 1.82) is 0 Å². The molecule has 10 nitrogen and oxygen atoms in total. The number of aromatic amines is 1. The summed E-state index contributed by atoms with van der Waals surface area (Å²) in [5, 5.41) is 0.357. The summed E-state index contributed by atoms with van der Waals surface area (Å²) in [5.74, 6) is 0.162. The monoisotopic (exact) mass is 460 g/mol. The van der Waals surface area contributed by atoms with Crippen LogP contribution in [-0.2, 0) is 23.6 Å². The van der Waals surface area contributed by atoms with Crippen LogP contribution in [0.1, 0.15) is 24.2 Å². The van der Waals surface area contributed by atoms with E-state index in [4.69, 9.17) is 9.47 Å². The number of Topliss-reactive ketones (excluding diaryl/α,β-unsaturated/α-hetero) is 1. The van der Waals surface area contributed by atoms with Crippen LogP contribution >= 0.6 is 11.8 Å². The minimum absolute atomic E-state index is 0.0632. The first kappa shape index (κ1) is 23.3. The van der Waals surface area contributed by atoms with Gasteiger partial charge < -0.3 is 14.5 Å². The highest BCUT2D eigenvalue weighted by Crippen LogP contribution is 2.17. The lowest BCUT2D eigenvalue weighted by molar-refractivity contribution is -0.118. The first-order valence-electron chi connectivity index (χ1n) is 9.87. The van der Waals surface area contributed by atoms with Crippen LogP contribution in [0.2, 0.25) is 0 Å². The van der Waals surface area contributed by atoms with Gasteiger partial charge in [0, 0.05) is 14.1 Å². The van der Waals surface area contributed by atoms with Crippen molar-refractivity contribution in [3.63, 3.8) is 0 Å². The third kappa shape index (κ3) is 5.28. The van der Waals surface area contributed by atoms with Gasteiger partial charge in [-0.25, -0.2) is 14.6 Å². The first-order valence-corrected chi connectivity index (χ1v) is 10.9. The lowest BCUT2D eigenvalue weighted by Gasteiger charge is -2.08. The van der Waals surface area contributed by atoms with Gasteiger partial charge >= 0.3 is 11.7 Å². The van der Waals surface area contributed by atoms with Gasteiger partial charge in [0.25, 0.3) is 5.56 Å². The van der Waals surface area contributed by atoms with E-state index in [-0.39, 0.29) is 35.2 Å². The highest BCUT2D eigenvalue weighted by Gasteiger charge is 2.15. The maximum Gasteiger partial charge on any atom is 0.338 e. The predicted molar refractivity (Wildman–Crippen MR) is 119 cm³/mol. The molecule has 0 saturated carbocycles. The molecule has 2 aromatic heterocycles. The standard InChI is InChI=1S/C21H24N4O6S/c1-12(2)9-31-19(28)13-5-7-15(8-6-13)30-10-14(26)11-32-20-22-16-17(23-20)24(3)21(29)25(4)18(16)27/h5-8,12H,9-11H2,1-4H3,(H,22,23). The number of imidazole rings is 1. The third-order valence-corrected chi connectivity index (χ3v) is 5.41. The quantitative estimate of drug-likeness (QED) is 0.376. The molecule has 0 aliphatic carbocycles. The molecule has 0 saturated heterocycles. The summed E-state index contributed by atoms with van der Waals surface area (Å²) >= 11 is 1.11. The normalized spacial score (nSPS) is 11.2. The average Bonchev–Trinajstić information content (AvgIpc) is 3.22. The zero-order valence-electron chi connectivity index (χ0n) is 18.2. The second kappa shape index (κ2) is 9.86. The lowest BCUT2D eigenvalue weighted by atomic mass is 10.2. The maximum atomic E-state index is 12.2. The molecule has 0 amide bonds. The number of fused-ring (bicyclic) bond motifs is 1. The highest BCUT2D eigenvalue weighted by molar-refractivity contribution is 7.99. The molecular weight excluding hydrogens is 436 g/mol. The van der Waals surface area contributed by atoms with Crippen LogP contribution in [-0.4, -0.2) is 49.8 Å². The van der Waals surface area contributed by atoms with E-state index in [2.05, 4.69) is 9.97 Å². The lowest BCUT2D eigenvalue weighted by Crippen LogP contribution is -2.36. The molecule has 0 fully saturated rings. The fourth-order valence-corrected chi connectivity index (χ4v) is 3.45. The molecule has 0 radical (unpaired) electrons. The van der Waals surface area contributed by atoms with E-state index in [1.165, 1.54) is 18.7 Å². The molecule has 0 spiro atoms. The maximum absolute atomic E-state index is 12.2. The molecule has 2 heterocycles. The number of thioether (sulfide) groups is 1.